The Morgan fingerprint density at radius 2 is 2.22 bits per heavy atom. The molecule has 18 heavy (non-hydrogen) atoms. The van der Waals surface area contributed by atoms with Crippen LogP contribution in [0.3, 0.4) is 0 Å². The minimum Gasteiger partial charge on any atom is -0.481 e. The summed E-state index contributed by atoms with van der Waals surface area (Å²) in [7, 11) is 0. The molecular weight excluding hydrogens is 295 g/mol. The molecule has 5 nitrogen and oxygen atoms in total. The molecule has 0 fully saturated rings. The number of halogens is 2. The molecule has 0 radical (unpaired) electrons. The van der Waals surface area contributed by atoms with E-state index in [1.54, 1.807) is 25.1 Å². The second-order valence-electron chi connectivity index (χ2n) is 3.59. The Morgan fingerprint density at radius 1 is 1.50 bits per heavy atom. The third-order valence-electron chi connectivity index (χ3n) is 2.29. The van der Waals surface area contributed by atoms with Gasteiger partial charge in [0.2, 0.25) is 4.77 Å². The molecule has 96 valence electrons. The monoisotopic (exact) mass is 304 g/mol. The van der Waals surface area contributed by atoms with Crippen LogP contribution in [-0.4, -0.2) is 14.9 Å². The molecule has 3 N–H and O–H groups in total. The number of hydrogen-bond acceptors (Lipinski definition) is 4. The largest absolute Gasteiger partial charge is 0.481 e. The molecule has 1 atom stereocenters. The highest BCUT2D eigenvalue weighted by Gasteiger charge is 2.16. The first-order valence-corrected chi connectivity index (χ1v) is 6.19. The Balaban J connectivity index is 2.24. The van der Waals surface area contributed by atoms with Crippen molar-refractivity contribution in [2.75, 3.05) is 5.84 Å². The molecule has 0 amide bonds. The van der Waals surface area contributed by atoms with Gasteiger partial charge in [-0.05, 0) is 37.3 Å². The molecule has 0 saturated heterocycles. The van der Waals surface area contributed by atoms with Crippen molar-refractivity contribution in [1.82, 2.24) is 14.9 Å². The van der Waals surface area contributed by atoms with E-state index in [-0.39, 0.29) is 0 Å². The summed E-state index contributed by atoms with van der Waals surface area (Å²) < 4.78 is 7.24. The number of nitrogens with two attached hydrogens (primary N) is 1. The Bertz CT molecular complexity index is 625. The Labute approximate surface area is 118 Å². The fraction of sp³-hybridized carbons (Fsp3) is 0.200. The summed E-state index contributed by atoms with van der Waals surface area (Å²) >= 11 is 16.7. The summed E-state index contributed by atoms with van der Waals surface area (Å²) in [5, 5.41) is 7.54. The smallest absolute Gasteiger partial charge is 0.214 e. The fourth-order valence-corrected chi connectivity index (χ4v) is 2.01. The van der Waals surface area contributed by atoms with Crippen molar-refractivity contribution in [2.45, 2.75) is 13.0 Å². The second kappa shape index (κ2) is 5.17. The molecule has 0 aliphatic carbocycles. The van der Waals surface area contributed by atoms with Crippen LogP contribution in [-0.2, 0) is 0 Å². The van der Waals surface area contributed by atoms with E-state index in [1.165, 1.54) is 4.68 Å². The Kier molecular flexibility index (Phi) is 3.79. The molecule has 1 aromatic heterocycles. The lowest BCUT2D eigenvalue weighted by Gasteiger charge is -2.14. The quantitative estimate of drug-likeness (QED) is 0.675. The number of H-pyrrole nitrogens is 1. The average Bonchev–Trinajstić information content (AvgIpc) is 2.64. The van der Waals surface area contributed by atoms with Crippen LogP contribution in [0.5, 0.6) is 5.75 Å². The van der Waals surface area contributed by atoms with Gasteiger partial charge >= 0.3 is 0 Å². The number of hydrogen-bond donors (Lipinski definition) is 2. The number of benzene rings is 1. The van der Waals surface area contributed by atoms with Crippen LogP contribution in [0.25, 0.3) is 0 Å². The number of nitrogens with zero attached hydrogens (tertiary/aromatic N) is 2. The van der Waals surface area contributed by atoms with Gasteiger partial charge < -0.3 is 10.6 Å². The molecule has 0 aliphatic rings. The van der Waals surface area contributed by atoms with Gasteiger partial charge in [-0.3, -0.25) is 5.10 Å². The minimum atomic E-state index is -0.401. The van der Waals surface area contributed by atoms with Crippen LogP contribution in [0.1, 0.15) is 18.9 Å². The van der Waals surface area contributed by atoms with Gasteiger partial charge in [0.25, 0.3) is 0 Å². The van der Waals surface area contributed by atoms with Crippen molar-refractivity contribution in [1.29, 1.82) is 0 Å². The lowest BCUT2D eigenvalue weighted by atomic mass is 10.3. The summed E-state index contributed by atoms with van der Waals surface area (Å²) in [5.74, 6) is 6.68. The highest BCUT2D eigenvalue weighted by molar-refractivity contribution is 7.71. The van der Waals surface area contributed by atoms with Crippen LogP contribution in [0.15, 0.2) is 18.2 Å². The SMILES string of the molecule is C[C@H](Oc1ccc(Cl)cc1Cl)c1n[nH]c(=S)n1N. The number of aromatic amines is 1. The zero-order chi connectivity index (χ0) is 13.3. The first-order valence-electron chi connectivity index (χ1n) is 5.03. The fourth-order valence-electron chi connectivity index (χ4n) is 1.42. The molecule has 8 heteroatoms. The molecule has 2 aromatic rings. The molecule has 2 rings (SSSR count). The number of ether oxygens (including phenoxy) is 1. The molecule has 0 saturated carbocycles. The van der Waals surface area contributed by atoms with E-state index in [0.717, 1.165) is 0 Å². The van der Waals surface area contributed by atoms with Crippen LogP contribution in [0.4, 0.5) is 0 Å². The number of nitrogens with one attached hydrogen (secondary N) is 1. The van der Waals surface area contributed by atoms with Gasteiger partial charge in [0.05, 0.1) is 5.02 Å². The topological polar surface area (TPSA) is 68.9 Å². The van der Waals surface area contributed by atoms with Crippen molar-refractivity contribution in [3.63, 3.8) is 0 Å². The molecule has 0 unspecified atom stereocenters. The van der Waals surface area contributed by atoms with Crippen molar-refractivity contribution >= 4 is 35.4 Å². The maximum atomic E-state index is 6.01. The summed E-state index contributed by atoms with van der Waals surface area (Å²) in [6.07, 6.45) is -0.401. The predicted octanol–water partition coefficient (Wildman–Crippen LogP) is 3.10. The van der Waals surface area contributed by atoms with Gasteiger partial charge in [-0.2, -0.15) is 5.10 Å². The van der Waals surface area contributed by atoms with Crippen molar-refractivity contribution in [2.24, 2.45) is 0 Å². The molecule has 1 aromatic carbocycles. The molecule has 0 spiro atoms. The average molecular weight is 305 g/mol. The molecule has 1 heterocycles. The van der Waals surface area contributed by atoms with Crippen LogP contribution < -0.4 is 10.6 Å². The zero-order valence-electron chi connectivity index (χ0n) is 9.35. The van der Waals surface area contributed by atoms with Crippen LogP contribution in [0, 0.1) is 4.77 Å². The van der Waals surface area contributed by atoms with Gasteiger partial charge in [0.15, 0.2) is 11.9 Å². The van der Waals surface area contributed by atoms with Gasteiger partial charge in [0, 0.05) is 5.02 Å². The highest BCUT2D eigenvalue weighted by Crippen LogP contribution is 2.30. The van der Waals surface area contributed by atoms with Gasteiger partial charge in [-0.15, -0.1) is 0 Å². The van der Waals surface area contributed by atoms with Crippen molar-refractivity contribution in [3.8, 4) is 5.75 Å². The number of nitrogen functional groups attached to an aromatic ring is 1. The van der Waals surface area contributed by atoms with E-state index >= 15 is 0 Å². The Morgan fingerprint density at radius 3 is 2.78 bits per heavy atom. The summed E-state index contributed by atoms with van der Waals surface area (Å²) in [5.41, 5.74) is 0. The Hall–Kier alpha value is -1.24. The zero-order valence-corrected chi connectivity index (χ0v) is 11.7. The van der Waals surface area contributed by atoms with E-state index in [2.05, 4.69) is 10.2 Å². The van der Waals surface area contributed by atoms with Crippen LogP contribution in [0.2, 0.25) is 10.0 Å². The molecular formula is C10H10Cl2N4OS. The lowest BCUT2D eigenvalue weighted by Crippen LogP contribution is -2.17. The predicted molar refractivity (Wildman–Crippen MR) is 73.1 cm³/mol. The third-order valence-corrected chi connectivity index (χ3v) is 3.11. The first kappa shape index (κ1) is 13.2. The second-order valence-corrected chi connectivity index (χ2v) is 4.82. The van der Waals surface area contributed by atoms with Crippen molar-refractivity contribution < 1.29 is 4.74 Å². The summed E-state index contributed by atoms with van der Waals surface area (Å²) in [6, 6.07) is 4.98. The maximum absolute atomic E-state index is 6.01. The van der Waals surface area contributed by atoms with E-state index in [9.17, 15) is 0 Å². The lowest BCUT2D eigenvalue weighted by molar-refractivity contribution is 0.213. The number of aromatic nitrogens is 3. The normalized spacial score (nSPS) is 12.4. The molecule has 0 aliphatic heterocycles. The van der Waals surface area contributed by atoms with Gasteiger partial charge in [-0.1, -0.05) is 23.2 Å². The minimum absolute atomic E-state index is 0.322. The highest BCUT2D eigenvalue weighted by atomic mass is 35.5. The molecule has 0 bridgehead atoms. The van der Waals surface area contributed by atoms with Crippen LogP contribution >= 0.6 is 35.4 Å². The van der Waals surface area contributed by atoms with E-state index in [1.807, 2.05) is 0 Å². The third kappa shape index (κ3) is 2.60. The van der Waals surface area contributed by atoms with E-state index < -0.39 is 6.10 Å². The standard InChI is InChI=1S/C10H10Cl2N4OS/c1-5(9-14-15-10(18)16(9)13)17-8-3-2-6(11)4-7(8)12/h2-5H,13H2,1H3,(H,15,18)/t5-/m0/s1. The van der Waals surface area contributed by atoms with Crippen molar-refractivity contribution in [3.05, 3.63) is 38.8 Å². The van der Waals surface area contributed by atoms with Gasteiger partial charge in [0.1, 0.15) is 5.75 Å². The number of rotatable bonds is 3. The first-order chi connectivity index (χ1) is 8.49. The van der Waals surface area contributed by atoms with E-state index in [0.29, 0.717) is 26.4 Å². The van der Waals surface area contributed by atoms with E-state index in [4.69, 9.17) is 46.0 Å². The summed E-state index contributed by atoms with van der Waals surface area (Å²) in [6.45, 7) is 1.79. The maximum Gasteiger partial charge on any atom is 0.214 e. The van der Waals surface area contributed by atoms with Gasteiger partial charge in [-0.25, -0.2) is 4.68 Å². The summed E-state index contributed by atoms with van der Waals surface area (Å²) in [4.78, 5) is 0.